The van der Waals surface area contributed by atoms with Crippen molar-refractivity contribution in [2.75, 3.05) is 7.11 Å². The van der Waals surface area contributed by atoms with Crippen LogP contribution in [0, 0.1) is 18.6 Å². The lowest BCUT2D eigenvalue weighted by atomic mass is 10.00. The maximum absolute atomic E-state index is 14.4. The predicted molar refractivity (Wildman–Crippen MR) is 101 cm³/mol. The zero-order valence-corrected chi connectivity index (χ0v) is 16.5. The number of aromatic nitrogens is 3. The predicted octanol–water partition coefficient (Wildman–Crippen LogP) is 4.46. The first-order chi connectivity index (χ1) is 12.7. The van der Waals surface area contributed by atoms with E-state index in [4.69, 9.17) is 16.3 Å². The fourth-order valence-corrected chi connectivity index (χ4v) is 3.40. The average Bonchev–Trinajstić information content (AvgIpc) is 2.98. The second-order valence-corrected chi connectivity index (χ2v) is 6.94. The minimum Gasteiger partial charge on any atom is -0.491 e. The van der Waals surface area contributed by atoms with Gasteiger partial charge in [0.1, 0.15) is 5.52 Å². The van der Waals surface area contributed by atoms with Gasteiger partial charge in [-0.05, 0) is 37.0 Å². The molecule has 3 aromatic rings. The first-order valence-corrected chi connectivity index (χ1v) is 8.91. The van der Waals surface area contributed by atoms with Crippen LogP contribution in [0.5, 0.6) is 5.75 Å². The Morgan fingerprint density at radius 1 is 1.33 bits per heavy atom. The molecule has 1 aromatic carbocycles. The van der Waals surface area contributed by atoms with Gasteiger partial charge < -0.3 is 4.74 Å². The molecule has 3 rings (SSSR count). The SMILES string of the molecule is CCC(C)c1cc(C)n2nc(-c3cc(F)c(OC)c(F)c3Cl)n(C)c(=O)c12. The monoisotopic (exact) mass is 395 g/mol. The summed E-state index contributed by atoms with van der Waals surface area (Å²) in [4.78, 5) is 13.0. The fourth-order valence-electron chi connectivity index (χ4n) is 3.17. The third-order valence-corrected chi connectivity index (χ3v) is 5.28. The van der Waals surface area contributed by atoms with Crippen LogP contribution in [0.4, 0.5) is 8.78 Å². The van der Waals surface area contributed by atoms with Crippen molar-refractivity contribution >= 4 is 17.1 Å². The Labute approximate surface area is 160 Å². The molecule has 0 bridgehead atoms. The molecule has 0 fully saturated rings. The molecule has 0 amide bonds. The topological polar surface area (TPSA) is 48.5 Å². The summed E-state index contributed by atoms with van der Waals surface area (Å²) in [5, 5.41) is 4.10. The van der Waals surface area contributed by atoms with Gasteiger partial charge in [-0.15, -0.1) is 5.10 Å². The number of nitrogens with zero attached hydrogens (tertiary/aromatic N) is 3. The number of hydrogen-bond donors (Lipinski definition) is 0. The molecule has 5 nitrogen and oxygen atoms in total. The van der Waals surface area contributed by atoms with E-state index < -0.39 is 17.4 Å². The van der Waals surface area contributed by atoms with Gasteiger partial charge in [0.05, 0.1) is 12.1 Å². The summed E-state index contributed by atoms with van der Waals surface area (Å²) in [5.41, 5.74) is 1.78. The van der Waals surface area contributed by atoms with Gasteiger partial charge in [-0.3, -0.25) is 9.36 Å². The Balaban J connectivity index is 2.38. The van der Waals surface area contributed by atoms with E-state index >= 15 is 0 Å². The lowest BCUT2D eigenvalue weighted by Crippen LogP contribution is -2.24. The normalized spacial score (nSPS) is 12.6. The number of fused-ring (bicyclic) bond motifs is 1. The van der Waals surface area contributed by atoms with Gasteiger partial charge in [0.2, 0.25) is 0 Å². The van der Waals surface area contributed by atoms with Crippen LogP contribution < -0.4 is 10.3 Å². The maximum Gasteiger partial charge on any atom is 0.278 e. The third-order valence-electron chi connectivity index (χ3n) is 4.91. The second-order valence-electron chi connectivity index (χ2n) is 6.57. The van der Waals surface area contributed by atoms with E-state index in [0.717, 1.165) is 30.9 Å². The molecule has 27 heavy (non-hydrogen) atoms. The fraction of sp³-hybridized carbons (Fsp3) is 0.368. The van der Waals surface area contributed by atoms with E-state index in [9.17, 15) is 13.6 Å². The number of halogens is 3. The van der Waals surface area contributed by atoms with Crippen molar-refractivity contribution in [2.24, 2.45) is 7.05 Å². The molecular weight excluding hydrogens is 376 g/mol. The van der Waals surface area contributed by atoms with Gasteiger partial charge in [-0.2, -0.15) is 0 Å². The quantitative estimate of drug-likeness (QED) is 0.613. The van der Waals surface area contributed by atoms with E-state index in [1.165, 1.54) is 16.1 Å². The summed E-state index contributed by atoms with van der Waals surface area (Å²) < 4.78 is 36.1. The minimum atomic E-state index is -1.03. The lowest BCUT2D eigenvalue weighted by molar-refractivity contribution is 0.360. The van der Waals surface area contributed by atoms with Crippen LogP contribution in [0.1, 0.15) is 37.4 Å². The van der Waals surface area contributed by atoms with Crippen molar-refractivity contribution in [1.82, 2.24) is 14.2 Å². The first-order valence-electron chi connectivity index (χ1n) is 8.53. The summed E-state index contributed by atoms with van der Waals surface area (Å²) in [6, 6.07) is 2.94. The van der Waals surface area contributed by atoms with E-state index in [1.807, 2.05) is 26.8 Å². The first kappa shape index (κ1) is 19.4. The molecule has 0 aliphatic carbocycles. The van der Waals surface area contributed by atoms with Gasteiger partial charge in [-0.25, -0.2) is 13.3 Å². The molecule has 0 aliphatic rings. The highest BCUT2D eigenvalue weighted by Crippen LogP contribution is 2.36. The summed E-state index contributed by atoms with van der Waals surface area (Å²) in [6.45, 7) is 5.90. The highest BCUT2D eigenvalue weighted by Gasteiger charge is 2.24. The summed E-state index contributed by atoms with van der Waals surface area (Å²) >= 11 is 6.09. The molecule has 8 heteroatoms. The molecule has 1 atom stereocenters. The van der Waals surface area contributed by atoms with Crippen LogP contribution in [-0.2, 0) is 7.05 Å². The molecule has 144 valence electrons. The van der Waals surface area contributed by atoms with E-state index in [-0.39, 0.29) is 27.9 Å². The average molecular weight is 396 g/mol. The minimum absolute atomic E-state index is 0.0212. The summed E-state index contributed by atoms with van der Waals surface area (Å²) in [7, 11) is 2.65. The van der Waals surface area contributed by atoms with Gasteiger partial charge in [-0.1, -0.05) is 25.4 Å². The molecule has 0 spiro atoms. The smallest absolute Gasteiger partial charge is 0.278 e. The maximum atomic E-state index is 14.4. The van der Waals surface area contributed by atoms with Crippen molar-refractivity contribution in [2.45, 2.75) is 33.1 Å². The van der Waals surface area contributed by atoms with Crippen molar-refractivity contribution in [1.29, 1.82) is 0 Å². The number of ether oxygens (including phenoxy) is 1. The van der Waals surface area contributed by atoms with Crippen LogP contribution in [0.2, 0.25) is 5.02 Å². The number of aryl methyl sites for hydroxylation is 1. The molecule has 0 saturated heterocycles. The van der Waals surface area contributed by atoms with Crippen LogP contribution >= 0.6 is 11.6 Å². The molecule has 0 radical (unpaired) electrons. The Kier molecular flexibility index (Phi) is 4.99. The number of rotatable bonds is 4. The van der Waals surface area contributed by atoms with Crippen molar-refractivity contribution in [3.8, 4) is 17.1 Å². The summed E-state index contributed by atoms with van der Waals surface area (Å²) in [5.74, 6) is -2.30. The van der Waals surface area contributed by atoms with Crippen LogP contribution in [0.15, 0.2) is 16.9 Å². The Hall–Kier alpha value is -2.41. The van der Waals surface area contributed by atoms with E-state index in [0.29, 0.717) is 5.52 Å². The highest BCUT2D eigenvalue weighted by molar-refractivity contribution is 6.33. The molecule has 2 aromatic heterocycles. The Morgan fingerprint density at radius 3 is 2.59 bits per heavy atom. The molecule has 0 N–H and O–H groups in total. The molecule has 0 saturated carbocycles. The summed E-state index contributed by atoms with van der Waals surface area (Å²) in [6.07, 6.45) is 0.866. The van der Waals surface area contributed by atoms with Crippen LogP contribution in [0.3, 0.4) is 0 Å². The zero-order chi connectivity index (χ0) is 20.0. The van der Waals surface area contributed by atoms with E-state index in [2.05, 4.69) is 5.10 Å². The molecular formula is C19H20ClF2N3O2. The molecule has 0 aliphatic heterocycles. The molecule has 2 heterocycles. The van der Waals surface area contributed by atoms with Crippen molar-refractivity contribution < 1.29 is 13.5 Å². The van der Waals surface area contributed by atoms with Crippen molar-refractivity contribution in [3.05, 3.63) is 50.4 Å². The largest absolute Gasteiger partial charge is 0.491 e. The second kappa shape index (κ2) is 6.96. The van der Waals surface area contributed by atoms with Gasteiger partial charge in [0, 0.05) is 18.3 Å². The zero-order valence-electron chi connectivity index (χ0n) is 15.7. The Bertz CT molecular complexity index is 1100. The number of hydrogen-bond acceptors (Lipinski definition) is 3. The van der Waals surface area contributed by atoms with Crippen LogP contribution in [0.25, 0.3) is 16.9 Å². The molecule has 1 unspecified atom stereocenters. The lowest BCUT2D eigenvalue weighted by Gasteiger charge is -2.14. The van der Waals surface area contributed by atoms with Crippen LogP contribution in [-0.4, -0.2) is 21.3 Å². The third kappa shape index (κ3) is 2.90. The van der Waals surface area contributed by atoms with E-state index in [1.54, 1.807) is 0 Å². The van der Waals surface area contributed by atoms with Crippen molar-refractivity contribution in [3.63, 3.8) is 0 Å². The van der Waals surface area contributed by atoms with Gasteiger partial charge in [0.25, 0.3) is 5.56 Å². The Morgan fingerprint density at radius 2 is 2.00 bits per heavy atom. The number of methoxy groups -OCH3 is 1. The number of benzene rings is 1. The standard InChI is InChI=1S/C19H20ClF2N3O2/c1-6-9(2)11-7-10(3)25-16(11)19(26)24(4)18(23-25)12-8-13(21)17(27-5)15(22)14(12)20/h7-9H,6H2,1-5H3. The highest BCUT2D eigenvalue weighted by atomic mass is 35.5. The van der Waals surface area contributed by atoms with Gasteiger partial charge >= 0.3 is 0 Å². The van der Waals surface area contributed by atoms with Gasteiger partial charge in [0.15, 0.2) is 23.2 Å².